The third kappa shape index (κ3) is 1.14. The highest BCUT2D eigenvalue weighted by Crippen LogP contribution is 2.29. The molecule has 0 bridgehead atoms. The SMILES string of the molecule is Cc1ccc(N=O)c(N)c1N. The number of rotatable bonds is 1. The maximum atomic E-state index is 10.1. The van der Waals surface area contributed by atoms with E-state index in [9.17, 15) is 4.91 Å². The van der Waals surface area contributed by atoms with Crippen LogP contribution in [0.5, 0.6) is 0 Å². The first kappa shape index (κ1) is 7.53. The Morgan fingerprint density at radius 2 is 1.91 bits per heavy atom. The molecule has 0 aliphatic heterocycles. The van der Waals surface area contributed by atoms with Crippen LogP contribution in [0.15, 0.2) is 17.3 Å². The zero-order valence-corrected chi connectivity index (χ0v) is 6.16. The predicted octanol–water partition coefficient (Wildman–Crippen LogP) is 1.56. The van der Waals surface area contributed by atoms with E-state index in [4.69, 9.17) is 11.5 Å². The van der Waals surface area contributed by atoms with Crippen LogP contribution in [0.25, 0.3) is 0 Å². The first-order valence-corrected chi connectivity index (χ1v) is 3.14. The lowest BCUT2D eigenvalue weighted by molar-refractivity contribution is 1.43. The second-order valence-electron chi connectivity index (χ2n) is 2.32. The number of nitrogens with zero attached hydrogens (tertiary/aromatic N) is 1. The lowest BCUT2D eigenvalue weighted by Gasteiger charge is -2.03. The zero-order valence-electron chi connectivity index (χ0n) is 6.16. The lowest BCUT2D eigenvalue weighted by Crippen LogP contribution is -1.96. The van der Waals surface area contributed by atoms with Crippen LogP contribution in [0.2, 0.25) is 0 Å². The second-order valence-corrected chi connectivity index (χ2v) is 2.32. The van der Waals surface area contributed by atoms with Gasteiger partial charge in [-0.15, -0.1) is 4.91 Å². The van der Waals surface area contributed by atoms with E-state index in [1.54, 1.807) is 12.1 Å². The Balaban J connectivity index is 3.36. The van der Waals surface area contributed by atoms with Gasteiger partial charge in [0.05, 0.1) is 11.4 Å². The van der Waals surface area contributed by atoms with Crippen LogP contribution in [0.4, 0.5) is 17.1 Å². The summed E-state index contributed by atoms with van der Waals surface area (Å²) in [4.78, 5) is 10.1. The zero-order chi connectivity index (χ0) is 8.43. The lowest BCUT2D eigenvalue weighted by atomic mass is 10.1. The second kappa shape index (κ2) is 2.57. The summed E-state index contributed by atoms with van der Waals surface area (Å²) in [5, 5.41) is 2.72. The van der Waals surface area contributed by atoms with Crippen molar-refractivity contribution >= 4 is 17.1 Å². The topological polar surface area (TPSA) is 81.5 Å². The number of nitrogen functional groups attached to an aromatic ring is 2. The summed E-state index contributed by atoms with van der Waals surface area (Å²) in [6, 6.07) is 3.26. The minimum atomic E-state index is 0.202. The Hall–Kier alpha value is -1.58. The molecule has 4 heteroatoms. The van der Waals surface area contributed by atoms with E-state index >= 15 is 0 Å². The van der Waals surface area contributed by atoms with Crippen molar-refractivity contribution in [2.24, 2.45) is 5.18 Å². The van der Waals surface area contributed by atoms with Crippen LogP contribution in [0.1, 0.15) is 5.56 Å². The van der Waals surface area contributed by atoms with Crippen molar-refractivity contribution in [1.82, 2.24) is 0 Å². The Morgan fingerprint density at radius 1 is 1.27 bits per heavy atom. The molecule has 0 aromatic heterocycles. The molecule has 4 nitrogen and oxygen atoms in total. The fourth-order valence-electron chi connectivity index (χ4n) is 0.813. The van der Waals surface area contributed by atoms with Crippen LogP contribution in [0.3, 0.4) is 0 Å². The molecule has 0 unspecified atom stereocenters. The molecule has 1 rings (SSSR count). The molecule has 0 aliphatic carbocycles. The molecule has 0 atom stereocenters. The summed E-state index contributed by atoms with van der Waals surface area (Å²) in [6.45, 7) is 1.82. The van der Waals surface area contributed by atoms with Crippen molar-refractivity contribution in [3.8, 4) is 0 Å². The largest absolute Gasteiger partial charge is 0.397 e. The average Bonchev–Trinajstić information content (AvgIpc) is 2.01. The maximum Gasteiger partial charge on any atom is 0.133 e. The number of anilines is 2. The molecule has 0 aliphatic rings. The van der Waals surface area contributed by atoms with Crippen LogP contribution in [0, 0.1) is 11.8 Å². The van der Waals surface area contributed by atoms with E-state index in [2.05, 4.69) is 5.18 Å². The van der Waals surface area contributed by atoms with Gasteiger partial charge in [0.15, 0.2) is 0 Å². The number of nitroso groups, excluding NO2 is 1. The Morgan fingerprint density at radius 3 is 2.45 bits per heavy atom. The minimum absolute atomic E-state index is 0.202. The summed E-state index contributed by atoms with van der Waals surface area (Å²) in [5.74, 6) is 0. The average molecular weight is 151 g/mol. The number of aryl methyl sites for hydroxylation is 1. The highest BCUT2D eigenvalue weighted by atomic mass is 16.3. The number of benzene rings is 1. The summed E-state index contributed by atoms with van der Waals surface area (Å²) < 4.78 is 0. The Kier molecular flexibility index (Phi) is 1.76. The van der Waals surface area contributed by atoms with E-state index in [0.717, 1.165) is 5.56 Å². The fourth-order valence-corrected chi connectivity index (χ4v) is 0.813. The molecule has 0 saturated heterocycles. The van der Waals surface area contributed by atoms with Gasteiger partial charge in [-0.2, -0.15) is 0 Å². The normalized spacial score (nSPS) is 9.55. The summed E-state index contributed by atoms with van der Waals surface area (Å²) in [6.07, 6.45) is 0. The van der Waals surface area contributed by atoms with Crippen LogP contribution in [-0.2, 0) is 0 Å². The highest BCUT2D eigenvalue weighted by Gasteiger charge is 2.04. The van der Waals surface area contributed by atoms with Crippen molar-refractivity contribution in [3.63, 3.8) is 0 Å². The molecule has 0 amide bonds. The molecule has 0 saturated carbocycles. The monoisotopic (exact) mass is 151 g/mol. The van der Waals surface area contributed by atoms with Gasteiger partial charge in [0.2, 0.25) is 0 Å². The summed E-state index contributed by atoms with van der Waals surface area (Å²) in [5.41, 5.74) is 12.8. The quantitative estimate of drug-likeness (QED) is 0.472. The minimum Gasteiger partial charge on any atom is -0.397 e. The molecule has 0 radical (unpaired) electrons. The summed E-state index contributed by atoms with van der Waals surface area (Å²) >= 11 is 0. The maximum absolute atomic E-state index is 10.1. The van der Waals surface area contributed by atoms with Crippen molar-refractivity contribution in [3.05, 3.63) is 22.6 Å². The first-order valence-electron chi connectivity index (χ1n) is 3.14. The number of nitrogens with two attached hydrogens (primary N) is 2. The van der Waals surface area contributed by atoms with Gasteiger partial charge < -0.3 is 11.5 Å². The van der Waals surface area contributed by atoms with E-state index in [1.165, 1.54) is 0 Å². The van der Waals surface area contributed by atoms with Gasteiger partial charge in [0, 0.05) is 0 Å². The van der Waals surface area contributed by atoms with Gasteiger partial charge >= 0.3 is 0 Å². The molecule has 0 spiro atoms. The van der Waals surface area contributed by atoms with Crippen LogP contribution < -0.4 is 11.5 Å². The summed E-state index contributed by atoms with van der Waals surface area (Å²) in [7, 11) is 0. The van der Waals surface area contributed by atoms with Crippen LogP contribution >= 0.6 is 0 Å². The molecule has 58 valence electrons. The van der Waals surface area contributed by atoms with Crippen molar-refractivity contribution in [2.45, 2.75) is 6.92 Å². The third-order valence-electron chi connectivity index (χ3n) is 1.58. The van der Waals surface area contributed by atoms with Crippen molar-refractivity contribution in [2.75, 3.05) is 11.5 Å². The van der Waals surface area contributed by atoms with Gasteiger partial charge in [0.1, 0.15) is 5.69 Å². The van der Waals surface area contributed by atoms with Crippen molar-refractivity contribution in [1.29, 1.82) is 0 Å². The highest BCUT2D eigenvalue weighted by molar-refractivity contribution is 5.78. The molecule has 1 aromatic rings. The van der Waals surface area contributed by atoms with Gasteiger partial charge in [-0.1, -0.05) is 6.07 Å². The standard InChI is InChI=1S/C7H9N3O/c1-4-2-3-5(10-11)7(9)6(4)8/h2-3H,8-9H2,1H3. The van der Waals surface area contributed by atoms with E-state index < -0.39 is 0 Å². The smallest absolute Gasteiger partial charge is 0.133 e. The van der Waals surface area contributed by atoms with Gasteiger partial charge in [-0.25, -0.2) is 0 Å². The Bertz CT molecular complexity index is 296. The van der Waals surface area contributed by atoms with Crippen molar-refractivity contribution < 1.29 is 0 Å². The van der Waals surface area contributed by atoms with Gasteiger partial charge in [-0.3, -0.25) is 0 Å². The predicted molar refractivity (Wildman–Crippen MR) is 45.5 cm³/mol. The van der Waals surface area contributed by atoms with Gasteiger partial charge in [-0.05, 0) is 23.7 Å². The van der Waals surface area contributed by atoms with E-state index in [0.29, 0.717) is 5.69 Å². The molecule has 1 aromatic carbocycles. The molecule has 11 heavy (non-hydrogen) atoms. The van der Waals surface area contributed by atoms with E-state index in [-0.39, 0.29) is 11.4 Å². The first-order chi connectivity index (χ1) is 5.16. The Labute approximate surface area is 64.2 Å². The number of hydrogen-bond acceptors (Lipinski definition) is 4. The van der Waals surface area contributed by atoms with Gasteiger partial charge in [0.25, 0.3) is 0 Å². The third-order valence-corrected chi connectivity index (χ3v) is 1.58. The molecule has 0 fully saturated rings. The molecular weight excluding hydrogens is 142 g/mol. The van der Waals surface area contributed by atoms with E-state index in [1.807, 2.05) is 6.92 Å². The molecule has 4 N–H and O–H groups in total. The fraction of sp³-hybridized carbons (Fsp3) is 0.143. The number of hydrogen-bond donors (Lipinski definition) is 2. The molecule has 0 heterocycles. The molecular formula is C7H9N3O. The van der Waals surface area contributed by atoms with Crippen LogP contribution in [-0.4, -0.2) is 0 Å².